The molecule has 1 aliphatic carbocycles. The number of hydrogen-bond acceptors (Lipinski definition) is 4. The minimum Gasteiger partial charge on any atom is -0.282 e. The van der Waals surface area contributed by atoms with E-state index in [1.807, 2.05) is 12.1 Å². The summed E-state index contributed by atoms with van der Waals surface area (Å²) in [4.78, 5) is 20.3. The second-order valence-electron chi connectivity index (χ2n) is 4.45. The highest BCUT2D eigenvalue weighted by Crippen LogP contribution is 1.98. The number of fused-ring (bicyclic) bond motifs is 1. The monoisotopic (exact) mass is 266 g/mol. The summed E-state index contributed by atoms with van der Waals surface area (Å²) in [5.41, 5.74) is 5.75. The van der Waals surface area contributed by atoms with Gasteiger partial charge < -0.3 is 0 Å². The maximum atomic E-state index is 11.8. The molecule has 0 saturated heterocycles. The van der Waals surface area contributed by atoms with Crippen LogP contribution in [0.25, 0.3) is 12.2 Å². The third-order valence-electron chi connectivity index (χ3n) is 3.03. The molecular formula is C15H14N4O. The lowest BCUT2D eigenvalue weighted by Gasteiger charge is -2.08. The lowest BCUT2D eigenvalue weighted by Crippen LogP contribution is -2.34. The minimum absolute atomic E-state index is 0.291. The summed E-state index contributed by atoms with van der Waals surface area (Å²) in [6.07, 6.45) is 7.90. The summed E-state index contributed by atoms with van der Waals surface area (Å²) in [6, 6.07) is 9.02. The number of nitrogens with zero attached hydrogens (tertiary/aromatic N) is 2. The van der Waals surface area contributed by atoms with E-state index in [0.717, 1.165) is 23.4 Å². The highest BCUT2D eigenvalue weighted by molar-refractivity contribution is 5.92. The number of hydrazine groups is 1. The molecule has 0 aliphatic heterocycles. The van der Waals surface area contributed by atoms with E-state index in [-0.39, 0.29) is 5.91 Å². The van der Waals surface area contributed by atoms with Gasteiger partial charge in [0.25, 0.3) is 5.91 Å². The number of hydrogen-bond donors (Lipinski definition) is 2. The molecule has 20 heavy (non-hydrogen) atoms. The molecule has 0 atom stereocenters. The Hall–Kier alpha value is -2.69. The summed E-state index contributed by atoms with van der Waals surface area (Å²) in [5.74, 6) is 0.320. The third-order valence-corrected chi connectivity index (χ3v) is 3.03. The summed E-state index contributed by atoms with van der Waals surface area (Å²) >= 11 is 0. The fraction of sp³-hybridized carbons (Fsp3) is 0.133. The molecule has 0 spiro atoms. The molecule has 5 nitrogen and oxygen atoms in total. The van der Waals surface area contributed by atoms with E-state index in [4.69, 9.17) is 0 Å². The number of amides is 1. The molecule has 0 saturated carbocycles. The Balaban J connectivity index is 1.72. The second kappa shape index (κ2) is 5.52. The molecule has 0 aromatic carbocycles. The molecule has 2 aromatic rings. The van der Waals surface area contributed by atoms with Gasteiger partial charge in [0.2, 0.25) is 0 Å². The molecule has 2 heterocycles. The van der Waals surface area contributed by atoms with Gasteiger partial charge in [0.1, 0.15) is 11.5 Å². The maximum absolute atomic E-state index is 11.8. The van der Waals surface area contributed by atoms with Gasteiger partial charge in [-0.25, -0.2) is 4.98 Å². The quantitative estimate of drug-likeness (QED) is 0.798. The van der Waals surface area contributed by atoms with Gasteiger partial charge >= 0.3 is 0 Å². The van der Waals surface area contributed by atoms with Crippen LogP contribution in [0.1, 0.15) is 23.3 Å². The molecule has 2 N–H and O–H groups in total. The highest BCUT2D eigenvalue weighted by Gasteiger charge is 2.05. The molecule has 100 valence electrons. The number of aromatic nitrogens is 2. The molecule has 1 aliphatic rings. The van der Waals surface area contributed by atoms with Crippen LogP contribution in [0.5, 0.6) is 0 Å². The van der Waals surface area contributed by atoms with E-state index in [1.165, 1.54) is 0 Å². The normalized spacial score (nSPS) is 12.6. The lowest BCUT2D eigenvalue weighted by molar-refractivity contribution is 0.0957. The largest absolute Gasteiger partial charge is 0.288 e. The molecule has 2 aromatic heterocycles. The van der Waals surface area contributed by atoms with Crippen molar-refractivity contribution in [1.82, 2.24) is 15.4 Å². The van der Waals surface area contributed by atoms with Crippen LogP contribution < -0.4 is 21.4 Å². The van der Waals surface area contributed by atoms with Crippen molar-refractivity contribution < 1.29 is 4.79 Å². The van der Waals surface area contributed by atoms with Crippen molar-refractivity contribution in [2.24, 2.45) is 0 Å². The molecule has 1 amide bonds. The first kappa shape index (κ1) is 12.3. The fourth-order valence-corrected chi connectivity index (χ4v) is 2.03. The van der Waals surface area contributed by atoms with Crippen LogP contribution in [-0.4, -0.2) is 15.9 Å². The summed E-state index contributed by atoms with van der Waals surface area (Å²) in [5, 5.41) is 2.09. The van der Waals surface area contributed by atoms with Gasteiger partial charge in [0, 0.05) is 6.20 Å². The van der Waals surface area contributed by atoms with Crippen molar-refractivity contribution in [2.45, 2.75) is 12.8 Å². The number of carbonyl (C=O) groups excluding carboxylic acids is 1. The van der Waals surface area contributed by atoms with Crippen molar-refractivity contribution in [3.63, 3.8) is 0 Å². The predicted octanol–water partition coefficient (Wildman–Crippen LogP) is 0.588. The van der Waals surface area contributed by atoms with E-state index in [2.05, 4.69) is 33.0 Å². The van der Waals surface area contributed by atoms with Crippen LogP contribution in [0.4, 0.5) is 5.82 Å². The van der Waals surface area contributed by atoms with Gasteiger partial charge in [-0.05, 0) is 42.3 Å². The molecule has 0 unspecified atom stereocenters. The molecule has 5 heteroatoms. The number of pyridine rings is 2. The van der Waals surface area contributed by atoms with Gasteiger partial charge in [-0.15, -0.1) is 0 Å². The van der Waals surface area contributed by atoms with Gasteiger partial charge in [-0.1, -0.05) is 18.2 Å². The average Bonchev–Trinajstić information content (AvgIpc) is 2.53. The zero-order chi connectivity index (χ0) is 13.8. The van der Waals surface area contributed by atoms with Crippen LogP contribution in [0, 0.1) is 0 Å². The van der Waals surface area contributed by atoms with E-state index in [0.29, 0.717) is 11.5 Å². The first-order chi connectivity index (χ1) is 9.83. The number of anilines is 1. The molecule has 3 rings (SSSR count). The van der Waals surface area contributed by atoms with Crippen LogP contribution >= 0.6 is 0 Å². The topological polar surface area (TPSA) is 66.9 Å². The first-order valence-electron chi connectivity index (χ1n) is 6.48. The van der Waals surface area contributed by atoms with Gasteiger partial charge in [-0.2, -0.15) is 0 Å². The minimum atomic E-state index is -0.291. The van der Waals surface area contributed by atoms with E-state index in [1.54, 1.807) is 24.4 Å². The van der Waals surface area contributed by atoms with E-state index >= 15 is 0 Å². The van der Waals surface area contributed by atoms with Gasteiger partial charge in [0.15, 0.2) is 0 Å². The zero-order valence-corrected chi connectivity index (χ0v) is 10.8. The highest BCUT2D eigenvalue weighted by atomic mass is 16.2. The number of rotatable bonds is 3. The molecular weight excluding hydrogens is 252 g/mol. The lowest BCUT2D eigenvalue weighted by atomic mass is 10.1. The number of nitrogens with one attached hydrogen (secondary N) is 2. The Bertz CT molecular complexity index is 740. The van der Waals surface area contributed by atoms with E-state index < -0.39 is 0 Å². The standard InChI is InChI=1S/C15H14N4O/c20-15(13-7-3-4-10-16-13)19-18-14-9-8-11-5-1-2-6-12(11)17-14/h3-10H,1-2H2,(H,17,18)(H,19,20). The Kier molecular flexibility index (Phi) is 3.41. The summed E-state index contributed by atoms with van der Waals surface area (Å²) in [7, 11) is 0. The SMILES string of the molecule is O=C(NNc1ccc2c(n1)=CCCC=2)c1ccccn1. The van der Waals surface area contributed by atoms with Crippen molar-refractivity contribution in [3.05, 3.63) is 52.8 Å². The van der Waals surface area contributed by atoms with Gasteiger partial charge in [-0.3, -0.25) is 20.6 Å². The van der Waals surface area contributed by atoms with Crippen LogP contribution in [0.15, 0.2) is 36.5 Å². The van der Waals surface area contributed by atoms with Gasteiger partial charge in [0.05, 0.1) is 5.35 Å². The molecule has 0 bridgehead atoms. The summed E-state index contributed by atoms with van der Waals surface area (Å²) < 4.78 is 0. The Morgan fingerprint density at radius 1 is 1.10 bits per heavy atom. The second-order valence-corrected chi connectivity index (χ2v) is 4.45. The van der Waals surface area contributed by atoms with Crippen molar-refractivity contribution >= 4 is 23.9 Å². The Morgan fingerprint density at radius 2 is 2.00 bits per heavy atom. The third kappa shape index (κ3) is 2.66. The molecule has 0 radical (unpaired) electrons. The smallest absolute Gasteiger partial charge is 0.282 e. The zero-order valence-electron chi connectivity index (χ0n) is 10.8. The van der Waals surface area contributed by atoms with Crippen LogP contribution in [-0.2, 0) is 0 Å². The molecule has 0 fully saturated rings. The summed E-state index contributed by atoms with van der Waals surface area (Å²) in [6.45, 7) is 0. The van der Waals surface area contributed by atoms with Crippen LogP contribution in [0.3, 0.4) is 0 Å². The van der Waals surface area contributed by atoms with Crippen molar-refractivity contribution in [2.75, 3.05) is 5.43 Å². The maximum Gasteiger partial charge on any atom is 0.288 e. The average molecular weight is 266 g/mol. The predicted molar refractivity (Wildman–Crippen MR) is 77.0 cm³/mol. The van der Waals surface area contributed by atoms with Crippen molar-refractivity contribution in [3.8, 4) is 0 Å². The van der Waals surface area contributed by atoms with E-state index in [9.17, 15) is 4.79 Å². The Labute approximate surface area is 116 Å². The number of carbonyl (C=O) groups is 1. The van der Waals surface area contributed by atoms with Crippen molar-refractivity contribution in [1.29, 1.82) is 0 Å². The fourth-order valence-electron chi connectivity index (χ4n) is 2.03. The Morgan fingerprint density at radius 3 is 2.85 bits per heavy atom. The first-order valence-corrected chi connectivity index (χ1v) is 6.48. The van der Waals surface area contributed by atoms with Crippen LogP contribution in [0.2, 0.25) is 0 Å².